The molecule has 1 aromatic rings. The van der Waals surface area contributed by atoms with E-state index in [-0.39, 0.29) is 18.3 Å². The van der Waals surface area contributed by atoms with Crippen LogP contribution >= 0.6 is 35.8 Å². The molecule has 0 spiro atoms. The summed E-state index contributed by atoms with van der Waals surface area (Å²) in [6.07, 6.45) is 4.10. The fourth-order valence-corrected chi connectivity index (χ4v) is 3.38. The molecule has 6 heteroatoms. The van der Waals surface area contributed by atoms with Crippen LogP contribution in [0.1, 0.15) is 25.7 Å². The number of rotatable bonds is 7. The molecule has 22 heavy (non-hydrogen) atoms. The van der Waals surface area contributed by atoms with E-state index in [2.05, 4.69) is 10.6 Å². The lowest BCUT2D eigenvalue weighted by atomic mass is 9.93. The van der Waals surface area contributed by atoms with Crippen LogP contribution in [0.3, 0.4) is 0 Å². The summed E-state index contributed by atoms with van der Waals surface area (Å²) < 4.78 is 0. The molecule has 1 aliphatic rings. The van der Waals surface area contributed by atoms with Crippen molar-refractivity contribution >= 4 is 41.7 Å². The summed E-state index contributed by atoms with van der Waals surface area (Å²) >= 11 is 7.58. The molecule has 2 rings (SSSR count). The molecule has 1 aromatic carbocycles. The maximum absolute atomic E-state index is 11.8. The van der Waals surface area contributed by atoms with Gasteiger partial charge in [0.25, 0.3) is 0 Å². The van der Waals surface area contributed by atoms with Gasteiger partial charge in [0.15, 0.2) is 0 Å². The van der Waals surface area contributed by atoms with E-state index >= 15 is 0 Å². The number of halogens is 2. The zero-order valence-corrected chi connectivity index (χ0v) is 15.0. The first kappa shape index (κ1) is 19.6. The number of carbonyl (C=O) groups is 1. The largest absolute Gasteiger partial charge is 0.355 e. The van der Waals surface area contributed by atoms with Gasteiger partial charge < -0.3 is 10.6 Å². The molecule has 0 atom stereocenters. The number of hydrogen-bond donors (Lipinski definition) is 2. The number of thioether (sulfide) groups is 1. The first-order valence-electron chi connectivity index (χ1n) is 7.60. The minimum atomic E-state index is 0. The lowest BCUT2D eigenvalue weighted by Gasteiger charge is -2.22. The Morgan fingerprint density at radius 3 is 2.64 bits per heavy atom. The second kappa shape index (κ2) is 11.2. The molecule has 0 aromatic heterocycles. The van der Waals surface area contributed by atoms with Gasteiger partial charge in [-0.05, 0) is 62.5 Å². The van der Waals surface area contributed by atoms with Gasteiger partial charge in [0, 0.05) is 28.6 Å². The van der Waals surface area contributed by atoms with Gasteiger partial charge in [-0.25, -0.2) is 0 Å². The van der Waals surface area contributed by atoms with Crippen LogP contribution in [-0.4, -0.2) is 31.3 Å². The molecular weight excluding hydrogens is 339 g/mol. The van der Waals surface area contributed by atoms with Crippen LogP contribution in [0.15, 0.2) is 29.2 Å². The van der Waals surface area contributed by atoms with Crippen molar-refractivity contribution < 1.29 is 4.79 Å². The highest BCUT2D eigenvalue weighted by Gasteiger charge is 2.14. The van der Waals surface area contributed by atoms with E-state index in [1.54, 1.807) is 11.8 Å². The SMILES string of the molecule is Cl.O=C(CCC1CCNCC1)NCCSc1ccc(Cl)cc1. The Morgan fingerprint density at radius 1 is 1.27 bits per heavy atom. The summed E-state index contributed by atoms with van der Waals surface area (Å²) in [5, 5.41) is 7.11. The normalized spacial score (nSPS) is 15.1. The zero-order valence-electron chi connectivity index (χ0n) is 12.6. The van der Waals surface area contributed by atoms with Gasteiger partial charge in [-0.1, -0.05) is 11.6 Å². The number of benzene rings is 1. The van der Waals surface area contributed by atoms with Crippen molar-refractivity contribution in [1.29, 1.82) is 0 Å². The van der Waals surface area contributed by atoms with Crippen molar-refractivity contribution in [2.75, 3.05) is 25.4 Å². The van der Waals surface area contributed by atoms with Crippen molar-refractivity contribution in [3.05, 3.63) is 29.3 Å². The first-order valence-corrected chi connectivity index (χ1v) is 8.96. The third kappa shape index (κ3) is 7.73. The molecule has 3 nitrogen and oxygen atoms in total. The van der Waals surface area contributed by atoms with Crippen LogP contribution in [0.25, 0.3) is 0 Å². The van der Waals surface area contributed by atoms with E-state index in [0.717, 1.165) is 42.7 Å². The minimum absolute atomic E-state index is 0. The van der Waals surface area contributed by atoms with E-state index in [0.29, 0.717) is 6.42 Å². The molecule has 0 radical (unpaired) electrons. The van der Waals surface area contributed by atoms with Gasteiger partial charge in [0.1, 0.15) is 0 Å². The topological polar surface area (TPSA) is 41.1 Å². The van der Waals surface area contributed by atoms with Crippen LogP contribution in [0.2, 0.25) is 5.02 Å². The molecule has 2 N–H and O–H groups in total. The van der Waals surface area contributed by atoms with E-state index in [9.17, 15) is 4.79 Å². The Hall–Kier alpha value is -0.420. The zero-order chi connectivity index (χ0) is 14.9. The van der Waals surface area contributed by atoms with Gasteiger partial charge in [-0.2, -0.15) is 0 Å². The quantitative estimate of drug-likeness (QED) is 0.573. The average Bonchev–Trinajstić information content (AvgIpc) is 2.52. The number of carbonyl (C=O) groups excluding carboxylic acids is 1. The third-order valence-electron chi connectivity index (χ3n) is 3.74. The van der Waals surface area contributed by atoms with Crippen molar-refractivity contribution in [3.63, 3.8) is 0 Å². The molecule has 1 heterocycles. The van der Waals surface area contributed by atoms with Gasteiger partial charge >= 0.3 is 0 Å². The van der Waals surface area contributed by atoms with Gasteiger partial charge in [0.05, 0.1) is 0 Å². The summed E-state index contributed by atoms with van der Waals surface area (Å²) in [5.74, 6) is 1.80. The smallest absolute Gasteiger partial charge is 0.220 e. The van der Waals surface area contributed by atoms with Crippen molar-refractivity contribution in [1.82, 2.24) is 10.6 Å². The summed E-state index contributed by atoms with van der Waals surface area (Å²) in [7, 11) is 0. The van der Waals surface area contributed by atoms with Crippen molar-refractivity contribution in [2.24, 2.45) is 5.92 Å². The summed E-state index contributed by atoms with van der Waals surface area (Å²) in [6.45, 7) is 2.92. The second-order valence-electron chi connectivity index (χ2n) is 5.38. The maximum atomic E-state index is 11.8. The van der Waals surface area contributed by atoms with E-state index < -0.39 is 0 Å². The van der Waals surface area contributed by atoms with Crippen LogP contribution in [-0.2, 0) is 4.79 Å². The summed E-state index contributed by atoms with van der Waals surface area (Å²) in [4.78, 5) is 13.0. The molecule has 124 valence electrons. The highest BCUT2D eigenvalue weighted by atomic mass is 35.5. The van der Waals surface area contributed by atoms with E-state index in [4.69, 9.17) is 11.6 Å². The molecule has 0 unspecified atom stereocenters. The lowest BCUT2D eigenvalue weighted by molar-refractivity contribution is -0.121. The first-order chi connectivity index (χ1) is 10.2. The predicted octanol–water partition coefficient (Wildman–Crippen LogP) is 3.75. The minimum Gasteiger partial charge on any atom is -0.355 e. The molecule has 0 aliphatic carbocycles. The molecule has 1 amide bonds. The number of amides is 1. The molecule has 1 saturated heterocycles. The average molecular weight is 363 g/mol. The maximum Gasteiger partial charge on any atom is 0.220 e. The van der Waals surface area contributed by atoms with Crippen LogP contribution in [0, 0.1) is 5.92 Å². The molecular formula is C16H24Cl2N2OS. The predicted molar refractivity (Wildman–Crippen MR) is 97.3 cm³/mol. The van der Waals surface area contributed by atoms with Gasteiger partial charge in [-0.3, -0.25) is 4.79 Å². The standard InChI is InChI=1S/C16H23ClN2OS.ClH/c17-14-2-4-15(5-3-14)21-12-11-19-16(20)6-1-13-7-9-18-10-8-13;/h2-5,13,18H,1,6-12H2,(H,19,20);1H. The summed E-state index contributed by atoms with van der Waals surface area (Å²) in [5.41, 5.74) is 0. The molecule has 1 aliphatic heterocycles. The van der Waals surface area contributed by atoms with Crippen LogP contribution < -0.4 is 10.6 Å². The Labute approximate surface area is 148 Å². The van der Waals surface area contributed by atoms with Crippen LogP contribution in [0.4, 0.5) is 0 Å². The fourth-order valence-electron chi connectivity index (χ4n) is 2.48. The Kier molecular flexibility index (Phi) is 9.96. The number of hydrogen-bond acceptors (Lipinski definition) is 3. The highest BCUT2D eigenvalue weighted by Crippen LogP contribution is 2.20. The molecule has 0 bridgehead atoms. The van der Waals surface area contributed by atoms with Crippen molar-refractivity contribution in [3.8, 4) is 0 Å². The Morgan fingerprint density at radius 2 is 1.95 bits per heavy atom. The van der Waals surface area contributed by atoms with E-state index in [1.807, 2.05) is 24.3 Å². The number of piperidine rings is 1. The van der Waals surface area contributed by atoms with Crippen LogP contribution in [0.5, 0.6) is 0 Å². The Balaban J connectivity index is 0.00000242. The van der Waals surface area contributed by atoms with E-state index in [1.165, 1.54) is 17.7 Å². The lowest BCUT2D eigenvalue weighted by Crippen LogP contribution is -2.30. The Bertz CT molecular complexity index is 436. The van der Waals surface area contributed by atoms with Crippen molar-refractivity contribution in [2.45, 2.75) is 30.6 Å². The monoisotopic (exact) mass is 362 g/mol. The third-order valence-corrected chi connectivity index (χ3v) is 5.01. The molecule has 0 saturated carbocycles. The highest BCUT2D eigenvalue weighted by molar-refractivity contribution is 7.99. The number of nitrogens with one attached hydrogen (secondary N) is 2. The second-order valence-corrected chi connectivity index (χ2v) is 6.99. The summed E-state index contributed by atoms with van der Waals surface area (Å²) in [6, 6.07) is 7.79. The molecule has 1 fully saturated rings. The fraction of sp³-hybridized carbons (Fsp3) is 0.562. The van der Waals surface area contributed by atoms with Gasteiger partial charge in [-0.15, -0.1) is 24.2 Å². The van der Waals surface area contributed by atoms with Gasteiger partial charge in [0.2, 0.25) is 5.91 Å².